The van der Waals surface area contributed by atoms with E-state index in [1.54, 1.807) is 13.3 Å². The minimum Gasteiger partial charge on any atom is -0.443 e. The van der Waals surface area contributed by atoms with Gasteiger partial charge in [-0.2, -0.15) is 11.8 Å². The van der Waals surface area contributed by atoms with Gasteiger partial charge in [-0.25, -0.2) is 4.79 Å². The number of hydrogen-bond acceptors (Lipinski definition) is 15. The van der Waals surface area contributed by atoms with Crippen molar-refractivity contribution in [2.75, 3.05) is 51.9 Å². The van der Waals surface area contributed by atoms with E-state index in [0.717, 1.165) is 17.3 Å². The molecule has 2 aromatic rings. The number of methoxy groups -OCH3 is 1. The van der Waals surface area contributed by atoms with E-state index < -0.39 is 120 Å². The average Bonchev–Trinajstić information content (AvgIpc) is 4.22. The Morgan fingerprint density at radius 3 is 2.34 bits per heavy atom. The van der Waals surface area contributed by atoms with Crippen molar-refractivity contribution in [3.05, 3.63) is 47.7 Å². The summed E-state index contributed by atoms with van der Waals surface area (Å²) in [4.78, 5) is 113. The molecule has 24 heteroatoms. The Kier molecular flexibility index (Phi) is 21.3. The molecule has 0 bridgehead atoms. The van der Waals surface area contributed by atoms with Crippen LogP contribution in [0.2, 0.25) is 0 Å². The molecule has 4 fully saturated rings. The van der Waals surface area contributed by atoms with Crippen LogP contribution >= 0.6 is 11.8 Å². The molecule has 8 amide bonds. The van der Waals surface area contributed by atoms with Crippen LogP contribution < -0.4 is 43.0 Å². The molecule has 1 aliphatic carbocycles. The van der Waals surface area contributed by atoms with Gasteiger partial charge in [-0.15, -0.1) is 0 Å². The minimum absolute atomic E-state index is 0.0140. The van der Waals surface area contributed by atoms with Gasteiger partial charge in [-0.1, -0.05) is 43.7 Å². The van der Waals surface area contributed by atoms with Gasteiger partial charge in [0.25, 0.3) is 0 Å². The molecule has 1 unspecified atom stereocenters. The highest BCUT2D eigenvalue weighted by atomic mass is 32.2. The number of rotatable bonds is 27. The zero-order valence-corrected chi connectivity index (χ0v) is 46.3. The third-order valence-electron chi connectivity index (χ3n) is 14.8. The Hall–Kier alpha value is -5.79. The highest BCUT2D eigenvalue weighted by Gasteiger charge is 2.72. The summed E-state index contributed by atoms with van der Waals surface area (Å²) in [6, 6.07) is 1.96. The SMILES string of the molecule is CO[C@@H]1[C@H](OC(=O)NCC(=O)N2CCCC2C(=O)N[C@@H](CC(C)C)C(=O)NCC(=O)N[C@@H](CCSC)C(=O)N[C@@H](Cc2c[nH]c3ccccc23)C(=O)N[C@@H](C)C(=O)NC[C@H](N)O)CC[C@]2(CO2)[C@H]1[C@@]1(C)O[C@@H]1CC=C(C)C. The number of allylic oxidation sites excluding steroid dienone is 1. The Morgan fingerprint density at radius 2 is 1.66 bits per heavy atom. The number of aliphatic hydroxyl groups excluding tert-OH is 1. The van der Waals surface area contributed by atoms with Crippen LogP contribution in [0.25, 0.3) is 10.9 Å². The fourth-order valence-corrected chi connectivity index (χ4v) is 11.1. The van der Waals surface area contributed by atoms with E-state index in [-0.39, 0.29) is 50.3 Å². The van der Waals surface area contributed by atoms with Crippen LogP contribution in [0, 0.1) is 11.8 Å². The summed E-state index contributed by atoms with van der Waals surface area (Å²) in [6.07, 6.45) is 5.50. The van der Waals surface area contributed by atoms with Crippen molar-refractivity contribution in [1.29, 1.82) is 0 Å². The maximum Gasteiger partial charge on any atom is 0.407 e. The number of amides is 8. The molecule has 11 N–H and O–H groups in total. The molecule has 3 aliphatic heterocycles. The van der Waals surface area contributed by atoms with Crippen molar-refractivity contribution in [2.24, 2.45) is 17.6 Å². The van der Waals surface area contributed by atoms with Crippen LogP contribution in [0.3, 0.4) is 0 Å². The number of alkyl carbamates (subject to hydrolysis) is 1. The second-order valence-corrected chi connectivity index (χ2v) is 22.4. The van der Waals surface area contributed by atoms with E-state index in [2.05, 4.69) is 55.2 Å². The first-order valence-corrected chi connectivity index (χ1v) is 27.9. The lowest BCUT2D eigenvalue weighted by Gasteiger charge is -2.42. The molecule has 1 aromatic heterocycles. The Bertz CT molecular complexity index is 2460. The lowest BCUT2D eigenvalue weighted by Crippen LogP contribution is -2.58. The summed E-state index contributed by atoms with van der Waals surface area (Å²) < 4.78 is 24.2. The monoisotopic (exact) mass is 1100 g/mol. The van der Waals surface area contributed by atoms with E-state index >= 15 is 0 Å². The molecule has 1 aromatic carbocycles. The molecule has 23 nitrogen and oxygen atoms in total. The van der Waals surface area contributed by atoms with E-state index in [0.29, 0.717) is 43.6 Å². The molecule has 1 saturated carbocycles. The lowest BCUT2D eigenvalue weighted by molar-refractivity contribution is -0.139. The minimum atomic E-state index is -1.31. The van der Waals surface area contributed by atoms with Crippen LogP contribution in [0.5, 0.6) is 0 Å². The number of carbonyl (C=O) groups is 8. The molecular weight excluding hydrogens is 1020 g/mol. The van der Waals surface area contributed by atoms with Gasteiger partial charge in [0, 0.05) is 37.2 Å². The van der Waals surface area contributed by atoms with Crippen LogP contribution in [-0.4, -0.2) is 180 Å². The van der Waals surface area contributed by atoms with Crippen molar-refractivity contribution in [3.8, 4) is 0 Å². The van der Waals surface area contributed by atoms with Gasteiger partial charge >= 0.3 is 6.09 Å². The topological polar surface area (TPSA) is 330 Å². The standard InChI is InChI=1S/C53H80N10O13S/c1-29(2)15-16-40-52(6,76-40)45-44(73-7)39(17-19-53(45)28-74-53)75-51(72)58-27-43(66)63-20-11-14-38(63)50(71)62-36(22-30(3)4)47(68)57-26-42(65)60-35(18-21-77-8)48(69)61-37(23-32-24-55-34-13-10-9-12-33(32)34)49(70)59-31(5)46(67)56-25-41(54)64/h9-10,12-13,15,24,30-31,35-41,44-45,55,64H,11,14,16-23,25-28,54H2,1-8H3,(H,56,67)(H,57,68)(H,58,72)(H,59,70)(H,60,65)(H,61,69)(H,62,71)/t31-,35-,36-,37-,38?,39+,40+,41+,44+,45+,52-,53-/m0/s1. The Labute approximate surface area is 454 Å². The number of ether oxygens (including phenoxy) is 4. The first-order valence-electron chi connectivity index (χ1n) is 26.5. The summed E-state index contributed by atoms with van der Waals surface area (Å²) in [5.41, 5.74) is 7.11. The van der Waals surface area contributed by atoms with Crippen molar-refractivity contribution in [3.63, 3.8) is 0 Å². The van der Waals surface area contributed by atoms with Crippen LogP contribution in [0.15, 0.2) is 42.1 Å². The average molecular weight is 1100 g/mol. The van der Waals surface area contributed by atoms with Gasteiger partial charge in [0.15, 0.2) is 0 Å². The summed E-state index contributed by atoms with van der Waals surface area (Å²) in [6.45, 7) is 10.9. The van der Waals surface area contributed by atoms with E-state index in [9.17, 15) is 43.5 Å². The first-order chi connectivity index (χ1) is 36.6. The number of nitrogens with zero attached hydrogens (tertiary/aromatic N) is 1. The number of nitrogens with one attached hydrogen (secondary N) is 8. The summed E-state index contributed by atoms with van der Waals surface area (Å²) in [7, 11) is 1.58. The van der Waals surface area contributed by atoms with Crippen molar-refractivity contribution in [2.45, 2.75) is 159 Å². The maximum absolute atomic E-state index is 14.0. The second kappa shape index (κ2) is 27.2. The van der Waals surface area contributed by atoms with Crippen LogP contribution in [0.4, 0.5) is 4.79 Å². The quantitative estimate of drug-likeness (QED) is 0.0336. The summed E-state index contributed by atoms with van der Waals surface area (Å²) in [5, 5.41) is 28.6. The number of likely N-dealkylation sites (tertiary alicyclic amines) is 1. The number of carbonyl (C=O) groups excluding carboxylic acids is 8. The van der Waals surface area contributed by atoms with E-state index in [4.69, 9.17) is 24.7 Å². The number of para-hydroxylation sites is 1. The molecule has 12 atom stereocenters. The number of benzene rings is 1. The molecule has 426 valence electrons. The molecular formula is C53H80N10O13S. The van der Waals surface area contributed by atoms with Crippen molar-refractivity contribution >= 4 is 70.1 Å². The second-order valence-electron chi connectivity index (χ2n) is 21.4. The number of fused-ring (bicyclic) bond motifs is 1. The molecule has 77 heavy (non-hydrogen) atoms. The molecule has 4 heterocycles. The number of aliphatic hydroxyl groups is 1. The summed E-state index contributed by atoms with van der Waals surface area (Å²) in [5.74, 6) is -4.26. The van der Waals surface area contributed by atoms with Crippen molar-refractivity contribution < 1.29 is 62.4 Å². The maximum atomic E-state index is 14.0. The fourth-order valence-electron chi connectivity index (χ4n) is 10.6. The zero-order valence-electron chi connectivity index (χ0n) is 45.5. The molecule has 6 rings (SSSR count). The first kappa shape index (κ1) is 60.4. The predicted octanol–water partition coefficient (Wildman–Crippen LogP) is 0.772. The van der Waals surface area contributed by atoms with Crippen molar-refractivity contribution in [1.82, 2.24) is 47.1 Å². The smallest absolute Gasteiger partial charge is 0.407 e. The number of aromatic amines is 1. The lowest BCUT2D eigenvalue weighted by atomic mass is 9.68. The number of nitrogens with two attached hydrogens (primary N) is 1. The molecule has 0 radical (unpaired) electrons. The van der Waals surface area contributed by atoms with Gasteiger partial charge in [0.2, 0.25) is 41.4 Å². The van der Waals surface area contributed by atoms with Gasteiger partial charge in [0.05, 0.1) is 31.7 Å². The highest BCUT2D eigenvalue weighted by molar-refractivity contribution is 7.98. The zero-order chi connectivity index (χ0) is 56.2. The number of thioether (sulfide) groups is 1. The normalized spacial score (nSPS) is 25.3. The van der Waals surface area contributed by atoms with Gasteiger partial charge < -0.3 is 76.9 Å². The van der Waals surface area contributed by atoms with Gasteiger partial charge in [0.1, 0.15) is 66.4 Å². The third-order valence-corrected chi connectivity index (χ3v) is 15.4. The number of aromatic nitrogens is 1. The predicted molar refractivity (Wildman–Crippen MR) is 287 cm³/mol. The van der Waals surface area contributed by atoms with E-state index in [1.807, 2.05) is 58.2 Å². The molecule has 3 saturated heterocycles. The highest BCUT2D eigenvalue weighted by Crippen LogP contribution is 2.59. The number of epoxide rings is 2. The largest absolute Gasteiger partial charge is 0.443 e. The third kappa shape index (κ3) is 16.2. The van der Waals surface area contributed by atoms with Crippen LogP contribution in [-0.2, 0) is 58.9 Å². The molecule has 4 aliphatic rings. The van der Waals surface area contributed by atoms with Crippen LogP contribution in [0.1, 0.15) is 92.1 Å². The molecule has 1 spiro atoms. The number of hydrogen-bond donors (Lipinski definition) is 10. The van der Waals surface area contributed by atoms with Gasteiger partial charge in [-0.3, -0.25) is 33.6 Å². The fraction of sp³-hybridized carbons (Fsp3) is 0.660. The summed E-state index contributed by atoms with van der Waals surface area (Å²) >= 11 is 1.43. The van der Waals surface area contributed by atoms with E-state index in [1.165, 1.54) is 29.2 Å². The van der Waals surface area contributed by atoms with Gasteiger partial charge in [-0.05, 0) is 102 Å². The number of H-pyrrole nitrogens is 1. The Balaban J connectivity index is 1.02. The Morgan fingerprint density at radius 1 is 0.935 bits per heavy atom.